The number of fused-ring (bicyclic) bond motifs is 7. The van der Waals surface area contributed by atoms with Gasteiger partial charge < -0.3 is 29.2 Å². The molecule has 452 valence electrons. The van der Waals surface area contributed by atoms with Crippen molar-refractivity contribution < 1.29 is 41.8 Å². The highest BCUT2D eigenvalue weighted by molar-refractivity contribution is 5.96. The van der Waals surface area contributed by atoms with E-state index in [1.165, 1.54) is 35.3 Å². The van der Waals surface area contributed by atoms with Gasteiger partial charge in [-0.15, -0.1) is 0 Å². The highest BCUT2D eigenvalue weighted by Crippen LogP contribution is 2.47. The van der Waals surface area contributed by atoms with E-state index in [1.54, 1.807) is 13.2 Å². The second kappa shape index (κ2) is 22.9. The number of likely N-dealkylation sites (tertiary alicyclic amines) is 2. The molecule has 2 aromatic carbocycles. The van der Waals surface area contributed by atoms with E-state index in [0.29, 0.717) is 83.9 Å². The van der Waals surface area contributed by atoms with Crippen LogP contribution >= 0.6 is 0 Å². The van der Waals surface area contributed by atoms with Gasteiger partial charge in [-0.05, 0) is 143 Å². The van der Waals surface area contributed by atoms with Crippen molar-refractivity contribution in [3.63, 3.8) is 0 Å². The third-order valence-corrected chi connectivity index (χ3v) is 20.7. The Bertz CT molecular complexity index is 3160. The minimum atomic E-state index is -4.60. The van der Waals surface area contributed by atoms with Gasteiger partial charge >= 0.3 is 12.1 Å². The maximum Gasteiger partial charge on any atom is 0.406 e. The highest BCUT2D eigenvalue weighted by atomic mass is 19.4. The van der Waals surface area contributed by atoms with Crippen molar-refractivity contribution in [1.82, 2.24) is 45.3 Å². The Hall–Kier alpha value is -5.60. The number of piperazine rings is 1. The molecule has 3 amide bonds. The van der Waals surface area contributed by atoms with E-state index in [-0.39, 0.29) is 54.5 Å². The molecule has 13 rings (SSSR count). The average molecular weight is 1160 g/mol. The number of aromatic nitrogens is 2. The molecule has 16 nitrogen and oxygen atoms in total. The van der Waals surface area contributed by atoms with Crippen LogP contribution in [0.5, 0.6) is 0 Å². The van der Waals surface area contributed by atoms with Gasteiger partial charge in [0.15, 0.2) is 0 Å². The Morgan fingerprint density at radius 2 is 1.69 bits per heavy atom. The van der Waals surface area contributed by atoms with Crippen LogP contribution in [0.4, 0.5) is 18.9 Å². The second-order valence-electron chi connectivity index (χ2n) is 27.4. The number of halogens is 3. The molecule has 2 aromatic heterocycles. The number of anilines is 1. The number of carbonyl (C=O) groups excluding carboxylic acids is 4. The minimum absolute atomic E-state index is 0.0532. The summed E-state index contributed by atoms with van der Waals surface area (Å²) in [5.41, 5.74) is 8.15. The zero-order valence-electron chi connectivity index (χ0n) is 49.5. The van der Waals surface area contributed by atoms with Crippen molar-refractivity contribution in [3.05, 3.63) is 71.5 Å². The van der Waals surface area contributed by atoms with Gasteiger partial charge in [0.05, 0.1) is 42.0 Å². The molecule has 6 bridgehead atoms. The quantitative estimate of drug-likeness (QED) is 0.0976. The molecular formula is C65H85F3N10O6. The number of alkyl halides is 3. The maximum absolute atomic E-state index is 15.3. The molecule has 0 unspecified atom stereocenters. The molecule has 19 heteroatoms. The summed E-state index contributed by atoms with van der Waals surface area (Å²) in [7, 11) is 1.59. The Kier molecular flexibility index (Phi) is 15.7. The summed E-state index contributed by atoms with van der Waals surface area (Å²) in [6, 6.07) is 13.9. The molecule has 84 heavy (non-hydrogen) atoms. The van der Waals surface area contributed by atoms with E-state index in [2.05, 4.69) is 35.7 Å². The number of rotatable bonds is 11. The summed E-state index contributed by atoms with van der Waals surface area (Å²) in [6.45, 7) is 11.3. The first kappa shape index (κ1) is 57.5. The topological polar surface area (TPSA) is 167 Å². The number of hydrogen-bond donors (Lipinski definition) is 3. The van der Waals surface area contributed by atoms with Gasteiger partial charge in [-0.1, -0.05) is 63.4 Å². The van der Waals surface area contributed by atoms with Crippen LogP contribution in [0.1, 0.15) is 127 Å². The molecule has 8 atom stereocenters. The van der Waals surface area contributed by atoms with Gasteiger partial charge in [0, 0.05) is 98.7 Å². The highest BCUT2D eigenvalue weighted by Gasteiger charge is 2.55. The fourth-order valence-corrected chi connectivity index (χ4v) is 15.9. The van der Waals surface area contributed by atoms with Crippen LogP contribution in [0.2, 0.25) is 0 Å². The number of hydrazine groups is 1. The summed E-state index contributed by atoms with van der Waals surface area (Å²) in [5.74, 6) is -0.0967. The van der Waals surface area contributed by atoms with E-state index in [4.69, 9.17) is 14.5 Å². The van der Waals surface area contributed by atoms with Crippen LogP contribution in [0, 0.1) is 22.7 Å². The number of nitrogens with one attached hydrogen (secondary N) is 3. The SMILES string of the molecule is CO[C@@H](C)c1ncc(N2CCN3CCCC[C@@H]3C2)cc1-c1c2c3cc(ccc3n1CC(F)(F)F)-c1cccc(c1)C[C@H](NC(=O)[C@H](C1CCCC1)N1CC[C@]3(CCN(C(=O)[C@@H]4N[C@@H]4C4CC4)C3)C1)C(=O)N1CCC[C@H](N1)C(=O)OCC(C)(C)C2. The van der Waals surface area contributed by atoms with Crippen LogP contribution < -0.4 is 21.0 Å². The predicted octanol–water partition coefficient (Wildman–Crippen LogP) is 8.20. The molecule has 9 heterocycles. The number of benzene rings is 2. The summed E-state index contributed by atoms with van der Waals surface area (Å²) >= 11 is 0. The van der Waals surface area contributed by atoms with Gasteiger partial charge in [-0.3, -0.25) is 44.3 Å². The molecule has 7 aliphatic heterocycles. The number of hydrogen-bond acceptors (Lipinski definition) is 12. The molecule has 8 fully saturated rings. The standard InChI is InChI=1S/C65H85F3N10O6/c1-40(83-4)54-49(32-47(34-69-54)74-28-27-73-23-8-7-15-46(73)35-74)58-50-33-63(2,3)39-84-62(82)51-16-10-24-78(72-51)60(80)52(30-41-11-9-14-44(29-41)45-19-20-53(48(50)31-45)77(58)38-65(66,67)68)70-59(79)57(43-12-5-6-13-43)75-25-21-64(36-75)22-26-76(37-64)61(81)56-55(71-56)42-17-18-42/h9,11,14,19-20,29,31-32,34,40,42-43,46,51-52,55-57,71-72H,5-8,10,12-13,15-18,21-28,30,33,35-39H2,1-4H3,(H,70,79)/t40-,46+,51-,52-,55+,56+,57-,64-/m0/s1. The van der Waals surface area contributed by atoms with Crippen LogP contribution in [-0.4, -0.2) is 168 Å². The molecule has 3 N–H and O–H groups in total. The number of esters is 1. The maximum atomic E-state index is 15.3. The number of methoxy groups -OCH3 is 1. The number of cyclic esters (lactones) is 1. The molecule has 0 radical (unpaired) electrons. The lowest BCUT2D eigenvalue weighted by atomic mass is 9.84. The van der Waals surface area contributed by atoms with Gasteiger partial charge in [0.25, 0.3) is 5.91 Å². The van der Waals surface area contributed by atoms with Gasteiger partial charge in [0.1, 0.15) is 24.7 Å². The van der Waals surface area contributed by atoms with Crippen LogP contribution in [0.15, 0.2) is 54.7 Å². The third-order valence-electron chi connectivity index (χ3n) is 20.7. The number of piperidine rings is 1. The summed E-state index contributed by atoms with van der Waals surface area (Å²) in [6.07, 6.45) is 9.56. The molecular weight excluding hydrogens is 1070 g/mol. The lowest BCUT2D eigenvalue weighted by Gasteiger charge is -2.45. The smallest absolute Gasteiger partial charge is 0.406 e. The number of carbonyl (C=O) groups is 4. The van der Waals surface area contributed by atoms with E-state index in [1.807, 2.05) is 69.4 Å². The van der Waals surface area contributed by atoms with Crippen molar-refractivity contribution >= 4 is 40.3 Å². The molecule has 2 saturated carbocycles. The van der Waals surface area contributed by atoms with E-state index in [0.717, 1.165) is 107 Å². The van der Waals surface area contributed by atoms with E-state index < -0.39 is 48.3 Å². The molecule has 1 spiro atoms. The molecule has 6 saturated heterocycles. The first-order chi connectivity index (χ1) is 40.4. The normalized spacial score (nSPS) is 28.8. The van der Waals surface area contributed by atoms with Gasteiger partial charge in [-0.25, -0.2) is 5.43 Å². The summed E-state index contributed by atoms with van der Waals surface area (Å²) in [4.78, 5) is 72.9. The fourth-order valence-electron chi connectivity index (χ4n) is 15.9. The van der Waals surface area contributed by atoms with E-state index in [9.17, 15) is 9.59 Å². The number of pyridine rings is 1. The first-order valence-corrected chi connectivity index (χ1v) is 31.6. The Labute approximate surface area is 491 Å². The summed E-state index contributed by atoms with van der Waals surface area (Å²) < 4.78 is 59.5. The number of nitrogens with zero attached hydrogens (tertiary/aromatic N) is 7. The number of amides is 3. The van der Waals surface area contributed by atoms with Crippen LogP contribution in [0.3, 0.4) is 0 Å². The Morgan fingerprint density at radius 3 is 2.49 bits per heavy atom. The van der Waals surface area contributed by atoms with Crippen molar-refractivity contribution in [2.45, 2.75) is 172 Å². The predicted molar refractivity (Wildman–Crippen MR) is 314 cm³/mol. The fraction of sp³-hybridized carbons (Fsp3) is 0.646. The van der Waals surface area contributed by atoms with Gasteiger partial charge in [0.2, 0.25) is 11.8 Å². The van der Waals surface area contributed by atoms with E-state index >= 15 is 22.8 Å². The van der Waals surface area contributed by atoms with Crippen molar-refractivity contribution in [3.8, 4) is 22.4 Å². The second-order valence-corrected chi connectivity index (χ2v) is 27.4. The van der Waals surface area contributed by atoms with Crippen molar-refractivity contribution in [2.24, 2.45) is 22.7 Å². The van der Waals surface area contributed by atoms with Crippen molar-refractivity contribution in [2.75, 3.05) is 77.5 Å². The minimum Gasteiger partial charge on any atom is -0.464 e. The van der Waals surface area contributed by atoms with Crippen LogP contribution in [0.25, 0.3) is 33.3 Å². The average Bonchev–Trinajstić information content (AvgIpc) is 1.94. The summed E-state index contributed by atoms with van der Waals surface area (Å²) in [5, 5.41) is 8.91. The molecule has 9 aliphatic rings. The lowest BCUT2D eigenvalue weighted by molar-refractivity contribution is -0.155. The zero-order valence-corrected chi connectivity index (χ0v) is 49.5. The Morgan fingerprint density at radius 1 is 0.893 bits per heavy atom. The lowest BCUT2D eigenvalue weighted by Crippen LogP contribution is -2.62. The van der Waals surface area contributed by atoms with Crippen LogP contribution in [-0.2, 0) is 48.0 Å². The molecule has 2 aliphatic carbocycles. The van der Waals surface area contributed by atoms with Gasteiger partial charge in [-0.2, -0.15) is 13.2 Å². The zero-order chi connectivity index (χ0) is 58.2. The first-order valence-electron chi connectivity index (χ1n) is 31.6. The largest absolute Gasteiger partial charge is 0.464 e. The Balaban J connectivity index is 0.857. The monoisotopic (exact) mass is 1160 g/mol. The molecule has 4 aromatic rings. The third kappa shape index (κ3) is 11.7. The van der Waals surface area contributed by atoms with Crippen molar-refractivity contribution in [1.29, 1.82) is 0 Å². The number of ether oxygens (including phenoxy) is 2.